The predicted octanol–water partition coefficient (Wildman–Crippen LogP) is 8.77. The number of hydrogen-bond acceptors (Lipinski definition) is 4. The Morgan fingerprint density at radius 3 is 1.95 bits per heavy atom. The Bertz CT molecular complexity index is 2480. The Morgan fingerprint density at radius 1 is 0.500 bits per heavy atom. The fourth-order valence-electron chi connectivity index (χ4n) is 6.46. The molecule has 44 heavy (non-hydrogen) atoms. The van der Waals surface area contributed by atoms with Gasteiger partial charge in [-0.05, 0) is 29.1 Å². The summed E-state index contributed by atoms with van der Waals surface area (Å²) in [5.41, 5.74) is 9.44. The summed E-state index contributed by atoms with van der Waals surface area (Å²) >= 11 is 0. The molecule has 0 amide bonds. The predicted molar refractivity (Wildman–Crippen MR) is 177 cm³/mol. The highest BCUT2D eigenvalue weighted by molar-refractivity contribution is 6.12. The molecular weight excluding hydrogens is 540 g/mol. The molecule has 9 rings (SSSR count). The van der Waals surface area contributed by atoms with Crippen molar-refractivity contribution in [2.45, 2.75) is 0 Å². The van der Waals surface area contributed by atoms with Crippen molar-refractivity contribution in [2.24, 2.45) is 0 Å². The summed E-state index contributed by atoms with van der Waals surface area (Å²) in [6.45, 7) is 0. The van der Waals surface area contributed by atoms with Crippen molar-refractivity contribution in [3.8, 4) is 39.6 Å². The third-order valence-electron chi connectivity index (χ3n) is 8.38. The van der Waals surface area contributed by atoms with Crippen LogP contribution in [0.5, 0.6) is 0 Å². The van der Waals surface area contributed by atoms with Gasteiger partial charge in [-0.2, -0.15) is 5.10 Å². The molecule has 4 heterocycles. The third kappa shape index (κ3) is 3.68. The fourth-order valence-corrected chi connectivity index (χ4v) is 6.46. The van der Waals surface area contributed by atoms with Crippen LogP contribution < -0.4 is 0 Å². The molecule has 206 valence electrons. The molecule has 0 N–H and O–H groups in total. The van der Waals surface area contributed by atoms with Crippen LogP contribution in [-0.2, 0) is 0 Å². The maximum absolute atomic E-state index is 5.42. The molecule has 0 saturated heterocycles. The van der Waals surface area contributed by atoms with Gasteiger partial charge < -0.3 is 0 Å². The second-order valence-electron chi connectivity index (χ2n) is 10.9. The first-order valence-electron chi connectivity index (χ1n) is 14.6. The van der Waals surface area contributed by atoms with Crippen LogP contribution in [0, 0.1) is 0 Å². The minimum atomic E-state index is 0.582. The van der Waals surface area contributed by atoms with Crippen molar-refractivity contribution in [1.29, 1.82) is 0 Å². The van der Waals surface area contributed by atoms with Gasteiger partial charge in [-0.1, -0.05) is 115 Å². The molecule has 0 unspecified atom stereocenters. The van der Waals surface area contributed by atoms with E-state index in [1.807, 2.05) is 12.1 Å². The Hall–Kier alpha value is -6.14. The molecule has 5 aromatic carbocycles. The third-order valence-corrected chi connectivity index (χ3v) is 8.38. The lowest BCUT2D eigenvalue weighted by molar-refractivity contribution is 0.939. The van der Waals surface area contributed by atoms with Crippen molar-refractivity contribution in [1.82, 2.24) is 29.1 Å². The molecule has 0 atom stereocenters. The number of pyridine rings is 1. The molecule has 4 aromatic heterocycles. The molecule has 0 saturated carbocycles. The van der Waals surface area contributed by atoms with Gasteiger partial charge in [-0.3, -0.25) is 4.57 Å². The second kappa shape index (κ2) is 9.71. The van der Waals surface area contributed by atoms with Crippen LogP contribution in [0.1, 0.15) is 0 Å². The van der Waals surface area contributed by atoms with E-state index in [0.29, 0.717) is 5.95 Å². The maximum Gasteiger partial charge on any atom is 0.237 e. The molecule has 0 fully saturated rings. The Labute approximate surface area is 252 Å². The van der Waals surface area contributed by atoms with Gasteiger partial charge in [0.25, 0.3) is 0 Å². The van der Waals surface area contributed by atoms with Crippen LogP contribution in [0.2, 0.25) is 0 Å². The highest BCUT2D eigenvalue weighted by atomic mass is 15.2. The van der Waals surface area contributed by atoms with Crippen molar-refractivity contribution in [2.75, 3.05) is 0 Å². The maximum atomic E-state index is 5.42. The quantitative estimate of drug-likeness (QED) is 0.214. The number of rotatable bonds is 4. The summed E-state index contributed by atoms with van der Waals surface area (Å²) < 4.78 is 4.24. The van der Waals surface area contributed by atoms with Crippen LogP contribution in [0.4, 0.5) is 0 Å². The van der Waals surface area contributed by atoms with Gasteiger partial charge in [-0.25, -0.2) is 19.5 Å². The van der Waals surface area contributed by atoms with Crippen molar-refractivity contribution < 1.29 is 0 Å². The largest absolute Gasteiger partial charge is 0.278 e. The molecule has 6 nitrogen and oxygen atoms in total. The number of hydrogen-bond donors (Lipinski definition) is 0. The van der Waals surface area contributed by atoms with E-state index in [9.17, 15) is 0 Å². The summed E-state index contributed by atoms with van der Waals surface area (Å²) in [5.74, 6) is 0.582. The van der Waals surface area contributed by atoms with Crippen molar-refractivity contribution in [3.63, 3.8) is 0 Å². The van der Waals surface area contributed by atoms with Gasteiger partial charge in [0.15, 0.2) is 0 Å². The number of fused-ring (bicyclic) bond motifs is 6. The normalized spacial score (nSPS) is 11.6. The minimum absolute atomic E-state index is 0.582. The average molecular weight is 565 g/mol. The van der Waals surface area contributed by atoms with E-state index >= 15 is 0 Å². The summed E-state index contributed by atoms with van der Waals surface area (Å²) in [6.07, 6.45) is 3.08. The smallest absolute Gasteiger partial charge is 0.237 e. The zero-order valence-corrected chi connectivity index (χ0v) is 23.5. The summed E-state index contributed by atoms with van der Waals surface area (Å²) in [7, 11) is 0. The van der Waals surface area contributed by atoms with Crippen LogP contribution in [0.15, 0.2) is 146 Å². The van der Waals surface area contributed by atoms with Crippen molar-refractivity contribution >= 4 is 38.1 Å². The Balaban J connectivity index is 1.42. The molecule has 0 aliphatic carbocycles. The molecule has 0 radical (unpaired) electrons. The van der Waals surface area contributed by atoms with Crippen LogP contribution in [0.25, 0.3) is 77.7 Å². The van der Waals surface area contributed by atoms with E-state index in [4.69, 9.17) is 5.10 Å². The van der Waals surface area contributed by atoms with E-state index in [-0.39, 0.29) is 0 Å². The summed E-state index contributed by atoms with van der Waals surface area (Å²) in [4.78, 5) is 13.1. The standard InChI is InChI=1S/C38H24N6/c1-3-11-25(12-4-1)33-21-27-15-7-8-16-29(27)37-35(26-13-5-2-6-14-26)36(42-44(33)37)28-19-20-31-30-17-9-10-18-32(30)43(34(31)22-28)38-40-23-39-24-41-38/h1-24H. The lowest BCUT2D eigenvalue weighted by Gasteiger charge is -2.10. The molecule has 0 spiro atoms. The number of aromatic nitrogens is 6. The molecule has 0 aliphatic heterocycles. The second-order valence-corrected chi connectivity index (χ2v) is 10.9. The first-order chi connectivity index (χ1) is 21.8. The first-order valence-corrected chi connectivity index (χ1v) is 14.6. The van der Waals surface area contributed by atoms with Crippen molar-refractivity contribution in [3.05, 3.63) is 146 Å². The highest BCUT2D eigenvalue weighted by Gasteiger charge is 2.23. The SMILES string of the molecule is c1ccc(-c2c(-c3ccc4c5ccccc5n(-c5ncncn5)c4c3)nn3c(-c4ccccc4)cc4ccccc4c23)cc1. The van der Waals surface area contributed by atoms with E-state index < -0.39 is 0 Å². The summed E-state index contributed by atoms with van der Waals surface area (Å²) in [6, 6.07) is 46.9. The van der Waals surface area contributed by atoms with E-state index in [1.54, 1.807) is 12.7 Å². The van der Waals surface area contributed by atoms with E-state index in [1.165, 1.54) is 5.39 Å². The van der Waals surface area contributed by atoms with Crippen LogP contribution in [-0.4, -0.2) is 29.1 Å². The molecule has 0 bridgehead atoms. The topological polar surface area (TPSA) is 60.9 Å². The summed E-state index contributed by atoms with van der Waals surface area (Å²) in [5, 5.41) is 10.0. The van der Waals surface area contributed by atoms with Gasteiger partial charge in [-0.15, -0.1) is 0 Å². The number of benzene rings is 5. The Kier molecular flexibility index (Phi) is 5.40. The Morgan fingerprint density at radius 2 is 1.16 bits per heavy atom. The van der Waals surface area contributed by atoms with E-state index in [0.717, 1.165) is 66.4 Å². The van der Waals surface area contributed by atoms with Crippen LogP contribution >= 0.6 is 0 Å². The van der Waals surface area contributed by atoms with Gasteiger partial charge in [0.2, 0.25) is 5.95 Å². The molecule has 0 aliphatic rings. The minimum Gasteiger partial charge on any atom is -0.278 e. The average Bonchev–Trinajstić information content (AvgIpc) is 3.66. The lowest BCUT2D eigenvalue weighted by atomic mass is 9.96. The number of nitrogens with zero attached hydrogens (tertiary/aromatic N) is 6. The van der Waals surface area contributed by atoms with Gasteiger partial charge >= 0.3 is 0 Å². The van der Waals surface area contributed by atoms with Gasteiger partial charge in [0, 0.05) is 32.8 Å². The van der Waals surface area contributed by atoms with E-state index in [2.05, 4.69) is 145 Å². The molecular formula is C38H24N6. The van der Waals surface area contributed by atoms with Gasteiger partial charge in [0.1, 0.15) is 18.3 Å². The zero-order valence-electron chi connectivity index (χ0n) is 23.5. The number of para-hydroxylation sites is 1. The van der Waals surface area contributed by atoms with Crippen LogP contribution in [0.3, 0.4) is 0 Å². The molecule has 6 heteroatoms. The molecule has 9 aromatic rings. The fraction of sp³-hybridized carbons (Fsp3) is 0. The highest BCUT2D eigenvalue weighted by Crippen LogP contribution is 2.42. The lowest BCUT2D eigenvalue weighted by Crippen LogP contribution is -2.00. The van der Waals surface area contributed by atoms with Gasteiger partial charge in [0.05, 0.1) is 22.2 Å². The first kappa shape index (κ1) is 24.5. The monoisotopic (exact) mass is 564 g/mol. The zero-order chi connectivity index (χ0) is 29.0.